The van der Waals surface area contributed by atoms with Crippen molar-refractivity contribution in [2.45, 2.75) is 13.5 Å². The molecule has 6 heteroatoms. The summed E-state index contributed by atoms with van der Waals surface area (Å²) in [4.78, 5) is 8.74. The van der Waals surface area contributed by atoms with E-state index in [1.54, 1.807) is 12.5 Å². The van der Waals surface area contributed by atoms with Gasteiger partial charge in [0.25, 0.3) is 0 Å². The van der Waals surface area contributed by atoms with Gasteiger partial charge in [0.15, 0.2) is 5.65 Å². The molecule has 0 atom stereocenters. The number of imidazole rings is 2. The highest BCUT2D eigenvalue weighted by atomic mass is 79.9. The Kier molecular flexibility index (Phi) is 2.59. The number of rotatable bonds is 2. The lowest BCUT2D eigenvalue weighted by atomic mass is 10.3. The van der Waals surface area contributed by atoms with E-state index in [9.17, 15) is 0 Å². The van der Waals surface area contributed by atoms with Crippen LogP contribution in [0.5, 0.6) is 0 Å². The summed E-state index contributed by atoms with van der Waals surface area (Å²) in [6.07, 6.45) is 5.47. The topological polar surface area (TPSA) is 61.1 Å². The number of pyridine rings is 1. The summed E-state index contributed by atoms with van der Waals surface area (Å²) in [5, 5.41) is 0. The van der Waals surface area contributed by atoms with Gasteiger partial charge < -0.3 is 10.3 Å². The average Bonchev–Trinajstić information content (AvgIpc) is 2.95. The predicted octanol–water partition coefficient (Wildman–Crippen LogP) is 2.56. The Labute approximate surface area is 112 Å². The number of aryl methyl sites for hydroxylation is 1. The number of halogens is 1. The Bertz CT molecular complexity index is 712. The van der Waals surface area contributed by atoms with E-state index in [1.807, 2.05) is 27.3 Å². The summed E-state index contributed by atoms with van der Waals surface area (Å²) >= 11 is 3.48. The standard InChI is InChI=1S/C12H12BrN5/c1-2-17-7-15-6-9(17)10-11(14)18-5-3-4-8(13)12(18)16-10/h3-7H,2,14H2,1H3. The first-order valence-corrected chi connectivity index (χ1v) is 6.44. The maximum Gasteiger partial charge on any atom is 0.153 e. The summed E-state index contributed by atoms with van der Waals surface area (Å²) in [5.74, 6) is 0.626. The van der Waals surface area contributed by atoms with Crippen molar-refractivity contribution in [3.63, 3.8) is 0 Å². The van der Waals surface area contributed by atoms with Crippen LogP contribution in [-0.2, 0) is 6.54 Å². The fourth-order valence-electron chi connectivity index (χ4n) is 2.01. The molecule has 0 radical (unpaired) electrons. The number of nitrogen functional groups attached to an aromatic ring is 1. The van der Waals surface area contributed by atoms with Crippen LogP contribution in [-0.4, -0.2) is 18.9 Å². The Hall–Kier alpha value is -1.82. The number of anilines is 1. The molecule has 0 amide bonds. The third kappa shape index (κ3) is 1.53. The number of hydrogen-bond donors (Lipinski definition) is 1. The maximum absolute atomic E-state index is 6.16. The van der Waals surface area contributed by atoms with Gasteiger partial charge in [0.2, 0.25) is 0 Å². The zero-order valence-electron chi connectivity index (χ0n) is 9.84. The van der Waals surface area contributed by atoms with Gasteiger partial charge in [-0.1, -0.05) is 0 Å². The normalized spacial score (nSPS) is 11.2. The Morgan fingerprint density at radius 3 is 3.00 bits per heavy atom. The molecular weight excluding hydrogens is 294 g/mol. The molecule has 0 fully saturated rings. The van der Waals surface area contributed by atoms with Crippen LogP contribution >= 0.6 is 15.9 Å². The summed E-state index contributed by atoms with van der Waals surface area (Å²) in [7, 11) is 0. The van der Waals surface area contributed by atoms with Crippen LogP contribution in [0, 0.1) is 0 Å². The molecule has 3 aromatic rings. The van der Waals surface area contributed by atoms with E-state index in [4.69, 9.17) is 5.73 Å². The van der Waals surface area contributed by atoms with Gasteiger partial charge >= 0.3 is 0 Å². The van der Waals surface area contributed by atoms with Gasteiger partial charge in [-0.3, -0.25) is 4.40 Å². The zero-order chi connectivity index (χ0) is 12.7. The van der Waals surface area contributed by atoms with Gasteiger partial charge in [0.05, 0.1) is 22.7 Å². The lowest BCUT2D eigenvalue weighted by Gasteiger charge is -2.02. The number of fused-ring (bicyclic) bond motifs is 1. The molecule has 18 heavy (non-hydrogen) atoms. The third-order valence-electron chi connectivity index (χ3n) is 2.93. The smallest absolute Gasteiger partial charge is 0.153 e. The zero-order valence-corrected chi connectivity index (χ0v) is 11.4. The molecule has 0 aliphatic carbocycles. The van der Waals surface area contributed by atoms with Crippen LogP contribution < -0.4 is 5.73 Å². The predicted molar refractivity (Wildman–Crippen MR) is 74.2 cm³/mol. The van der Waals surface area contributed by atoms with Crippen molar-refractivity contribution >= 4 is 27.4 Å². The van der Waals surface area contributed by atoms with Gasteiger partial charge in [-0.2, -0.15) is 0 Å². The quantitative estimate of drug-likeness (QED) is 0.791. The molecule has 0 bridgehead atoms. The Morgan fingerprint density at radius 1 is 1.44 bits per heavy atom. The van der Waals surface area contributed by atoms with Crippen molar-refractivity contribution in [2.24, 2.45) is 0 Å². The summed E-state index contributed by atoms with van der Waals surface area (Å²) in [6, 6.07) is 3.87. The minimum Gasteiger partial charge on any atom is -0.383 e. The van der Waals surface area contributed by atoms with Crippen molar-refractivity contribution in [1.82, 2.24) is 18.9 Å². The molecule has 3 heterocycles. The maximum atomic E-state index is 6.16. The lowest BCUT2D eigenvalue weighted by molar-refractivity contribution is 0.767. The molecule has 0 aliphatic rings. The first kappa shape index (κ1) is 11.3. The van der Waals surface area contributed by atoms with E-state index in [2.05, 4.69) is 32.8 Å². The van der Waals surface area contributed by atoms with Crippen LogP contribution in [0.3, 0.4) is 0 Å². The molecule has 0 spiro atoms. The van der Waals surface area contributed by atoms with Crippen LogP contribution in [0.1, 0.15) is 6.92 Å². The van der Waals surface area contributed by atoms with Crippen LogP contribution in [0.2, 0.25) is 0 Å². The van der Waals surface area contributed by atoms with Crippen molar-refractivity contribution in [2.75, 3.05) is 5.73 Å². The second kappa shape index (κ2) is 4.13. The fraction of sp³-hybridized carbons (Fsp3) is 0.167. The minimum absolute atomic E-state index is 0.626. The van der Waals surface area contributed by atoms with Gasteiger partial charge in [-0.15, -0.1) is 0 Å². The number of nitrogens with two attached hydrogens (primary N) is 1. The average molecular weight is 306 g/mol. The van der Waals surface area contributed by atoms with Gasteiger partial charge in [-0.25, -0.2) is 9.97 Å². The van der Waals surface area contributed by atoms with E-state index >= 15 is 0 Å². The highest BCUT2D eigenvalue weighted by Gasteiger charge is 2.15. The molecule has 0 saturated heterocycles. The molecular formula is C12H12BrN5. The van der Waals surface area contributed by atoms with E-state index in [-0.39, 0.29) is 0 Å². The highest BCUT2D eigenvalue weighted by molar-refractivity contribution is 9.10. The monoisotopic (exact) mass is 305 g/mol. The van der Waals surface area contributed by atoms with E-state index in [0.29, 0.717) is 5.82 Å². The number of nitrogens with zero attached hydrogens (tertiary/aromatic N) is 4. The molecule has 3 aromatic heterocycles. The van der Waals surface area contributed by atoms with E-state index < -0.39 is 0 Å². The Morgan fingerprint density at radius 2 is 2.28 bits per heavy atom. The lowest BCUT2D eigenvalue weighted by Crippen LogP contribution is -1.98. The fourth-order valence-corrected chi connectivity index (χ4v) is 2.44. The molecule has 0 unspecified atom stereocenters. The molecule has 0 aromatic carbocycles. The second-order valence-corrected chi connectivity index (χ2v) is 4.81. The van der Waals surface area contributed by atoms with Crippen LogP contribution in [0.25, 0.3) is 17.0 Å². The Balaban J connectivity index is 2.31. The highest BCUT2D eigenvalue weighted by Crippen LogP contribution is 2.29. The largest absolute Gasteiger partial charge is 0.383 e. The summed E-state index contributed by atoms with van der Waals surface area (Å²) < 4.78 is 4.81. The number of hydrogen-bond acceptors (Lipinski definition) is 3. The molecule has 0 saturated carbocycles. The second-order valence-electron chi connectivity index (χ2n) is 3.96. The minimum atomic E-state index is 0.626. The first-order valence-electron chi connectivity index (χ1n) is 5.65. The van der Waals surface area contributed by atoms with Crippen molar-refractivity contribution in [3.05, 3.63) is 35.3 Å². The molecule has 2 N–H and O–H groups in total. The van der Waals surface area contributed by atoms with Crippen molar-refractivity contribution < 1.29 is 0 Å². The van der Waals surface area contributed by atoms with Crippen molar-refractivity contribution in [3.8, 4) is 11.4 Å². The first-order chi connectivity index (χ1) is 8.72. The van der Waals surface area contributed by atoms with Crippen LogP contribution in [0.4, 0.5) is 5.82 Å². The number of aromatic nitrogens is 4. The van der Waals surface area contributed by atoms with Crippen LogP contribution in [0.15, 0.2) is 35.3 Å². The van der Waals surface area contributed by atoms with Gasteiger partial charge in [-0.05, 0) is 35.0 Å². The van der Waals surface area contributed by atoms with E-state index in [1.165, 1.54) is 0 Å². The molecule has 0 aliphatic heterocycles. The van der Waals surface area contributed by atoms with Crippen molar-refractivity contribution in [1.29, 1.82) is 0 Å². The summed E-state index contributed by atoms with van der Waals surface area (Å²) in [5.41, 5.74) is 8.68. The third-order valence-corrected chi connectivity index (χ3v) is 3.55. The SMILES string of the molecule is CCn1cncc1-c1nc2c(Br)cccn2c1N. The molecule has 3 rings (SSSR count). The van der Waals surface area contributed by atoms with E-state index in [0.717, 1.165) is 28.1 Å². The van der Waals surface area contributed by atoms with Gasteiger partial charge in [0, 0.05) is 12.7 Å². The summed E-state index contributed by atoms with van der Waals surface area (Å²) in [6.45, 7) is 2.90. The molecule has 5 nitrogen and oxygen atoms in total. The van der Waals surface area contributed by atoms with Gasteiger partial charge in [0.1, 0.15) is 11.5 Å². The molecule has 92 valence electrons.